The highest BCUT2D eigenvalue weighted by molar-refractivity contribution is 6.14. The van der Waals surface area contributed by atoms with Gasteiger partial charge in [-0.3, -0.25) is 14.9 Å². The van der Waals surface area contributed by atoms with Crippen molar-refractivity contribution >= 4 is 23.7 Å². The molecule has 2 aromatic carbocycles. The Hall–Kier alpha value is -3.48. The molecule has 2 aromatic rings. The van der Waals surface area contributed by atoms with Crippen molar-refractivity contribution in [1.82, 2.24) is 5.32 Å². The van der Waals surface area contributed by atoms with Gasteiger partial charge in [0.05, 0.1) is 5.56 Å². The van der Waals surface area contributed by atoms with Crippen LogP contribution in [0.25, 0.3) is 0 Å². The van der Waals surface area contributed by atoms with Crippen LogP contribution < -0.4 is 11.1 Å². The summed E-state index contributed by atoms with van der Waals surface area (Å²) in [5, 5.41) is 1.82. The molecule has 2 rings (SSSR count). The molecule has 0 saturated carbocycles. The van der Waals surface area contributed by atoms with Gasteiger partial charge in [-0.05, 0) is 19.9 Å². The summed E-state index contributed by atoms with van der Waals surface area (Å²) >= 11 is 0. The summed E-state index contributed by atoms with van der Waals surface area (Å²) in [5.74, 6) is -2.05. The van der Waals surface area contributed by atoms with Crippen LogP contribution in [0.2, 0.25) is 0 Å². The van der Waals surface area contributed by atoms with Crippen molar-refractivity contribution in [2.45, 2.75) is 20.0 Å². The maximum absolute atomic E-state index is 12.7. The summed E-state index contributed by atoms with van der Waals surface area (Å²) < 4.78 is 5.03. The molecule has 0 aliphatic carbocycles. The van der Waals surface area contributed by atoms with E-state index in [4.69, 9.17) is 10.5 Å². The van der Waals surface area contributed by atoms with E-state index < -0.39 is 24.0 Å². The van der Waals surface area contributed by atoms with Crippen molar-refractivity contribution in [3.05, 3.63) is 70.8 Å². The maximum Gasteiger partial charge on any atom is 0.339 e. The van der Waals surface area contributed by atoms with Crippen molar-refractivity contribution < 1.29 is 23.9 Å². The number of imide groups is 1. The number of nitrogens with two attached hydrogens (primary N) is 1. The average molecular weight is 354 g/mol. The lowest BCUT2D eigenvalue weighted by Gasteiger charge is -2.13. The Morgan fingerprint density at radius 2 is 1.54 bits per heavy atom. The summed E-state index contributed by atoms with van der Waals surface area (Å²) in [6, 6.07) is 12.0. The second-order valence-electron chi connectivity index (χ2n) is 5.64. The van der Waals surface area contributed by atoms with Gasteiger partial charge in [-0.1, -0.05) is 48.0 Å². The van der Waals surface area contributed by atoms with Crippen LogP contribution in [0.4, 0.5) is 4.79 Å². The lowest BCUT2D eigenvalue weighted by Crippen LogP contribution is -2.42. The van der Waals surface area contributed by atoms with Crippen LogP contribution in [-0.4, -0.2) is 29.8 Å². The third kappa shape index (κ3) is 4.54. The second kappa shape index (κ2) is 8.06. The minimum Gasteiger partial charge on any atom is -0.449 e. The molecule has 0 spiro atoms. The molecule has 0 radical (unpaired) electrons. The summed E-state index contributed by atoms with van der Waals surface area (Å²) in [4.78, 5) is 47.4. The zero-order valence-corrected chi connectivity index (χ0v) is 14.3. The number of rotatable bonds is 5. The number of carbonyl (C=O) groups excluding carboxylic acids is 4. The second-order valence-corrected chi connectivity index (χ2v) is 5.64. The van der Waals surface area contributed by atoms with E-state index in [1.54, 1.807) is 36.4 Å². The molecule has 7 nitrogen and oxygen atoms in total. The van der Waals surface area contributed by atoms with Crippen molar-refractivity contribution in [2.75, 3.05) is 0 Å². The van der Waals surface area contributed by atoms with Crippen LogP contribution in [0.1, 0.15) is 38.8 Å². The number of primary amides is 1. The van der Waals surface area contributed by atoms with Gasteiger partial charge in [0.15, 0.2) is 11.9 Å². The molecule has 134 valence electrons. The first-order valence-corrected chi connectivity index (χ1v) is 7.81. The first-order chi connectivity index (χ1) is 12.3. The molecule has 0 aliphatic rings. The zero-order valence-electron chi connectivity index (χ0n) is 14.3. The van der Waals surface area contributed by atoms with Crippen LogP contribution in [0, 0.1) is 6.92 Å². The van der Waals surface area contributed by atoms with E-state index in [1.165, 1.54) is 19.1 Å². The van der Waals surface area contributed by atoms with Gasteiger partial charge in [0, 0.05) is 11.1 Å². The number of hydrogen-bond donors (Lipinski definition) is 2. The molecule has 1 atom stereocenters. The Morgan fingerprint density at radius 3 is 2.12 bits per heavy atom. The Morgan fingerprint density at radius 1 is 0.962 bits per heavy atom. The van der Waals surface area contributed by atoms with Crippen LogP contribution in [0.15, 0.2) is 48.5 Å². The molecule has 0 aromatic heterocycles. The zero-order chi connectivity index (χ0) is 19.3. The smallest absolute Gasteiger partial charge is 0.339 e. The fourth-order valence-electron chi connectivity index (χ4n) is 2.22. The number of nitrogens with one attached hydrogen (secondary N) is 1. The van der Waals surface area contributed by atoms with E-state index in [2.05, 4.69) is 0 Å². The summed E-state index contributed by atoms with van der Waals surface area (Å²) in [6.45, 7) is 3.19. The Kier molecular flexibility index (Phi) is 5.85. The van der Waals surface area contributed by atoms with E-state index in [0.717, 1.165) is 5.56 Å². The number of carbonyl (C=O) groups is 4. The minimum atomic E-state index is -1.25. The number of hydrogen-bond acceptors (Lipinski definition) is 5. The van der Waals surface area contributed by atoms with Crippen molar-refractivity contribution in [1.29, 1.82) is 0 Å². The molecule has 0 saturated heterocycles. The minimum absolute atomic E-state index is 0.0248. The SMILES string of the molecule is Cc1ccc(C(=O)c2ccccc2C(=O)O[C@@H](C)C(=O)NC(N)=O)cc1. The van der Waals surface area contributed by atoms with Gasteiger partial charge in [-0.15, -0.1) is 0 Å². The normalized spacial score (nSPS) is 11.3. The number of esters is 1. The van der Waals surface area contributed by atoms with Crippen LogP contribution in [0.5, 0.6) is 0 Å². The number of benzene rings is 2. The fraction of sp³-hybridized carbons (Fsp3) is 0.158. The molecule has 0 aliphatic heterocycles. The third-order valence-electron chi connectivity index (χ3n) is 3.60. The number of aryl methyl sites for hydroxylation is 1. The van der Waals surface area contributed by atoms with E-state index in [-0.39, 0.29) is 16.9 Å². The Balaban J connectivity index is 2.24. The van der Waals surface area contributed by atoms with Gasteiger partial charge in [-0.25, -0.2) is 9.59 Å². The topological polar surface area (TPSA) is 116 Å². The molecule has 7 heteroatoms. The van der Waals surface area contributed by atoms with Crippen LogP contribution in [-0.2, 0) is 9.53 Å². The molecule has 0 heterocycles. The third-order valence-corrected chi connectivity index (χ3v) is 3.60. The summed E-state index contributed by atoms with van der Waals surface area (Å²) in [5.41, 5.74) is 6.47. The fourth-order valence-corrected chi connectivity index (χ4v) is 2.22. The summed E-state index contributed by atoms with van der Waals surface area (Å²) in [7, 11) is 0. The van der Waals surface area contributed by atoms with Gasteiger partial charge >= 0.3 is 12.0 Å². The quantitative estimate of drug-likeness (QED) is 0.629. The van der Waals surface area contributed by atoms with E-state index in [9.17, 15) is 19.2 Å². The van der Waals surface area contributed by atoms with E-state index in [1.807, 2.05) is 12.2 Å². The number of urea groups is 1. The highest BCUT2D eigenvalue weighted by Gasteiger charge is 2.23. The standard InChI is InChI=1S/C19H18N2O5/c1-11-7-9-13(10-8-11)16(22)14-5-3-4-6-15(14)18(24)26-12(2)17(23)21-19(20)25/h3-10,12H,1-2H3,(H3,20,21,23,25)/t12-/m0/s1. The average Bonchev–Trinajstić information content (AvgIpc) is 2.61. The molecule has 0 fully saturated rings. The first kappa shape index (κ1) is 18.9. The van der Waals surface area contributed by atoms with Crippen molar-refractivity contribution in [2.24, 2.45) is 5.73 Å². The molecule has 0 bridgehead atoms. The van der Waals surface area contributed by atoms with E-state index in [0.29, 0.717) is 5.56 Å². The first-order valence-electron chi connectivity index (χ1n) is 7.81. The lowest BCUT2D eigenvalue weighted by molar-refractivity contribution is -0.127. The Labute approximate surface area is 150 Å². The van der Waals surface area contributed by atoms with E-state index >= 15 is 0 Å². The van der Waals surface area contributed by atoms with Crippen LogP contribution >= 0.6 is 0 Å². The maximum atomic E-state index is 12.7. The predicted octanol–water partition coefficient (Wildman–Crippen LogP) is 1.97. The molecule has 3 N–H and O–H groups in total. The largest absolute Gasteiger partial charge is 0.449 e. The van der Waals surface area contributed by atoms with Gasteiger partial charge in [0.2, 0.25) is 0 Å². The van der Waals surface area contributed by atoms with Gasteiger partial charge < -0.3 is 10.5 Å². The Bertz CT molecular complexity index is 858. The molecular weight excluding hydrogens is 336 g/mol. The highest BCUT2D eigenvalue weighted by atomic mass is 16.5. The van der Waals surface area contributed by atoms with Gasteiger partial charge in [0.1, 0.15) is 0 Å². The van der Waals surface area contributed by atoms with Crippen molar-refractivity contribution in [3.63, 3.8) is 0 Å². The number of ketones is 1. The predicted molar refractivity (Wildman–Crippen MR) is 93.7 cm³/mol. The van der Waals surface area contributed by atoms with Crippen LogP contribution in [0.3, 0.4) is 0 Å². The molecule has 3 amide bonds. The number of ether oxygens (including phenoxy) is 1. The lowest BCUT2D eigenvalue weighted by atomic mass is 9.98. The van der Waals surface area contributed by atoms with Gasteiger partial charge in [-0.2, -0.15) is 0 Å². The highest BCUT2D eigenvalue weighted by Crippen LogP contribution is 2.17. The molecule has 0 unspecified atom stereocenters. The molecular formula is C19H18N2O5. The summed E-state index contributed by atoms with van der Waals surface area (Å²) in [6.07, 6.45) is -1.25. The number of amides is 3. The monoisotopic (exact) mass is 354 g/mol. The molecule has 26 heavy (non-hydrogen) atoms. The van der Waals surface area contributed by atoms with Gasteiger partial charge in [0.25, 0.3) is 5.91 Å². The van der Waals surface area contributed by atoms with Crippen molar-refractivity contribution in [3.8, 4) is 0 Å².